The van der Waals surface area contributed by atoms with Gasteiger partial charge in [-0.2, -0.15) is 5.10 Å². The van der Waals surface area contributed by atoms with Crippen LogP contribution in [0.2, 0.25) is 5.15 Å². The highest BCUT2D eigenvalue weighted by atomic mass is 35.5. The van der Waals surface area contributed by atoms with Gasteiger partial charge in [0.15, 0.2) is 5.65 Å². The number of halogens is 1. The van der Waals surface area contributed by atoms with Crippen LogP contribution in [0.5, 0.6) is 0 Å². The van der Waals surface area contributed by atoms with Crippen LogP contribution in [0.25, 0.3) is 5.65 Å². The Balaban J connectivity index is 1.87. The highest BCUT2D eigenvalue weighted by Gasteiger charge is 2.06. The first-order valence-corrected chi connectivity index (χ1v) is 6.70. The summed E-state index contributed by atoms with van der Waals surface area (Å²) in [5, 5.41) is 4.74. The van der Waals surface area contributed by atoms with Gasteiger partial charge in [0, 0.05) is 13.5 Å². The van der Waals surface area contributed by atoms with Gasteiger partial charge in [-0.15, -0.1) is 0 Å². The molecule has 0 aliphatic rings. The van der Waals surface area contributed by atoms with Gasteiger partial charge in [0.05, 0.1) is 18.5 Å². The van der Waals surface area contributed by atoms with Gasteiger partial charge in [-0.1, -0.05) is 35.9 Å². The lowest BCUT2D eigenvalue weighted by atomic mass is 10.1. The molecule has 5 heteroatoms. The van der Waals surface area contributed by atoms with Crippen molar-refractivity contribution in [2.45, 2.75) is 13.0 Å². The number of aromatic nitrogens is 3. The Kier molecular flexibility index (Phi) is 3.67. The standard InChI is InChI=1S/C15H14ClN3O/c1-20-10-12-4-2-11(3-5-12)8-13-9-17-15-7-6-14(16)18-19(13)15/h2-7,9H,8,10H2,1H3. The van der Waals surface area contributed by atoms with Crippen molar-refractivity contribution in [1.29, 1.82) is 0 Å². The lowest BCUT2D eigenvalue weighted by molar-refractivity contribution is 0.185. The number of ether oxygens (including phenoxy) is 1. The van der Waals surface area contributed by atoms with E-state index in [1.807, 2.05) is 12.3 Å². The highest BCUT2D eigenvalue weighted by Crippen LogP contribution is 2.14. The van der Waals surface area contributed by atoms with Crippen molar-refractivity contribution in [2.75, 3.05) is 7.11 Å². The Bertz CT molecular complexity index is 722. The predicted octanol–water partition coefficient (Wildman–Crippen LogP) is 3.12. The van der Waals surface area contributed by atoms with Crippen LogP contribution >= 0.6 is 11.6 Å². The number of fused-ring (bicyclic) bond motifs is 1. The van der Waals surface area contributed by atoms with Crippen molar-refractivity contribution in [3.05, 3.63) is 64.6 Å². The summed E-state index contributed by atoms with van der Waals surface area (Å²) < 4.78 is 6.89. The molecule has 0 unspecified atom stereocenters. The molecule has 3 aromatic rings. The van der Waals surface area contributed by atoms with Crippen LogP contribution in [0.4, 0.5) is 0 Å². The van der Waals surface area contributed by atoms with E-state index in [9.17, 15) is 0 Å². The molecule has 0 fully saturated rings. The third kappa shape index (κ3) is 2.66. The minimum Gasteiger partial charge on any atom is -0.380 e. The summed E-state index contributed by atoms with van der Waals surface area (Å²) in [4.78, 5) is 4.32. The van der Waals surface area contributed by atoms with Crippen LogP contribution in [0.15, 0.2) is 42.6 Å². The third-order valence-corrected chi connectivity index (χ3v) is 3.32. The van der Waals surface area contributed by atoms with E-state index < -0.39 is 0 Å². The molecule has 0 saturated heterocycles. The van der Waals surface area contributed by atoms with Crippen molar-refractivity contribution in [3.63, 3.8) is 0 Å². The zero-order chi connectivity index (χ0) is 13.9. The van der Waals surface area contributed by atoms with Crippen LogP contribution in [-0.4, -0.2) is 21.7 Å². The molecule has 0 spiro atoms. The molecule has 0 amide bonds. The number of rotatable bonds is 4. The fraction of sp³-hybridized carbons (Fsp3) is 0.200. The summed E-state index contributed by atoms with van der Waals surface area (Å²) in [7, 11) is 1.70. The fourth-order valence-corrected chi connectivity index (χ4v) is 2.29. The average molecular weight is 288 g/mol. The molecule has 0 saturated carbocycles. The maximum absolute atomic E-state index is 5.93. The molecule has 3 rings (SSSR count). The summed E-state index contributed by atoms with van der Waals surface area (Å²) in [6, 6.07) is 11.9. The van der Waals surface area contributed by atoms with Crippen molar-refractivity contribution in [2.24, 2.45) is 0 Å². The molecule has 1 aromatic carbocycles. The zero-order valence-electron chi connectivity index (χ0n) is 11.1. The molecule has 20 heavy (non-hydrogen) atoms. The van der Waals surface area contributed by atoms with Crippen LogP contribution in [0, 0.1) is 0 Å². The van der Waals surface area contributed by atoms with Crippen molar-refractivity contribution in [1.82, 2.24) is 14.6 Å². The number of methoxy groups -OCH3 is 1. The van der Waals surface area contributed by atoms with Gasteiger partial charge < -0.3 is 4.74 Å². The quantitative estimate of drug-likeness (QED) is 0.740. The van der Waals surface area contributed by atoms with E-state index in [1.54, 1.807) is 17.7 Å². The fourth-order valence-electron chi connectivity index (χ4n) is 2.15. The lowest BCUT2D eigenvalue weighted by Gasteiger charge is -2.04. The van der Waals surface area contributed by atoms with Gasteiger partial charge in [-0.3, -0.25) is 0 Å². The molecule has 0 aliphatic heterocycles. The molecule has 0 radical (unpaired) electrons. The van der Waals surface area contributed by atoms with E-state index in [2.05, 4.69) is 34.3 Å². The number of imidazole rings is 1. The second-order valence-electron chi connectivity index (χ2n) is 4.60. The average Bonchev–Trinajstić information content (AvgIpc) is 2.84. The molecule has 0 atom stereocenters. The van der Waals surface area contributed by atoms with E-state index in [1.165, 1.54) is 5.56 Å². The Hall–Kier alpha value is -1.91. The molecule has 0 aliphatic carbocycles. The minimum absolute atomic E-state index is 0.465. The summed E-state index contributed by atoms with van der Waals surface area (Å²) in [5.74, 6) is 0. The van der Waals surface area contributed by atoms with E-state index in [4.69, 9.17) is 16.3 Å². The topological polar surface area (TPSA) is 39.4 Å². The normalized spacial score (nSPS) is 11.1. The largest absolute Gasteiger partial charge is 0.380 e. The summed E-state index contributed by atoms with van der Waals surface area (Å²) in [5.41, 5.74) is 4.19. The Morgan fingerprint density at radius 2 is 1.85 bits per heavy atom. The van der Waals surface area contributed by atoms with Gasteiger partial charge in [0.1, 0.15) is 5.15 Å². The van der Waals surface area contributed by atoms with Gasteiger partial charge >= 0.3 is 0 Å². The molecule has 102 valence electrons. The first kappa shape index (κ1) is 13.1. The van der Waals surface area contributed by atoms with Crippen molar-refractivity contribution < 1.29 is 4.74 Å². The number of hydrogen-bond donors (Lipinski definition) is 0. The summed E-state index contributed by atoms with van der Waals surface area (Å²) in [6.07, 6.45) is 2.60. The smallest absolute Gasteiger partial charge is 0.153 e. The predicted molar refractivity (Wildman–Crippen MR) is 78.0 cm³/mol. The molecule has 2 heterocycles. The van der Waals surface area contributed by atoms with Crippen LogP contribution in [0.3, 0.4) is 0 Å². The number of benzene rings is 1. The maximum atomic E-state index is 5.93. The van der Waals surface area contributed by atoms with Gasteiger partial charge in [0.2, 0.25) is 0 Å². The van der Waals surface area contributed by atoms with Crippen molar-refractivity contribution in [3.8, 4) is 0 Å². The second-order valence-corrected chi connectivity index (χ2v) is 4.99. The number of hydrogen-bond acceptors (Lipinski definition) is 3. The van der Waals surface area contributed by atoms with Crippen LogP contribution in [-0.2, 0) is 17.8 Å². The maximum Gasteiger partial charge on any atom is 0.153 e. The zero-order valence-corrected chi connectivity index (χ0v) is 11.8. The minimum atomic E-state index is 0.465. The third-order valence-electron chi connectivity index (χ3n) is 3.12. The van der Waals surface area contributed by atoms with Gasteiger partial charge in [0.25, 0.3) is 0 Å². The SMILES string of the molecule is COCc1ccc(Cc2cnc3ccc(Cl)nn23)cc1. The summed E-state index contributed by atoms with van der Waals surface area (Å²) in [6.45, 7) is 0.632. The van der Waals surface area contributed by atoms with Crippen LogP contribution in [0.1, 0.15) is 16.8 Å². The van der Waals surface area contributed by atoms with Gasteiger partial charge in [-0.25, -0.2) is 9.50 Å². The van der Waals surface area contributed by atoms with E-state index in [-0.39, 0.29) is 0 Å². The van der Waals surface area contributed by atoms with Crippen molar-refractivity contribution >= 4 is 17.2 Å². The second kappa shape index (κ2) is 5.61. The molecule has 2 aromatic heterocycles. The highest BCUT2D eigenvalue weighted by molar-refractivity contribution is 6.29. The molecule has 0 bridgehead atoms. The van der Waals surface area contributed by atoms with Gasteiger partial charge in [-0.05, 0) is 23.3 Å². The lowest BCUT2D eigenvalue weighted by Crippen LogP contribution is -1.99. The molecular weight excluding hydrogens is 274 g/mol. The number of nitrogens with zero attached hydrogens (tertiary/aromatic N) is 3. The Labute approximate surface area is 122 Å². The monoisotopic (exact) mass is 287 g/mol. The Morgan fingerprint density at radius 1 is 1.10 bits per heavy atom. The first-order chi connectivity index (χ1) is 9.76. The van der Waals surface area contributed by atoms with E-state index >= 15 is 0 Å². The van der Waals surface area contributed by atoms with E-state index in [0.29, 0.717) is 11.8 Å². The first-order valence-electron chi connectivity index (χ1n) is 6.32. The molecule has 0 N–H and O–H groups in total. The molecular formula is C15H14ClN3O. The van der Waals surface area contributed by atoms with Crippen LogP contribution < -0.4 is 0 Å². The summed E-state index contributed by atoms with van der Waals surface area (Å²) >= 11 is 5.93. The van der Waals surface area contributed by atoms with E-state index in [0.717, 1.165) is 23.3 Å². The Morgan fingerprint density at radius 3 is 2.60 bits per heavy atom. The molecule has 4 nitrogen and oxygen atoms in total.